The van der Waals surface area contributed by atoms with Crippen molar-refractivity contribution >= 4 is 18.9 Å². The molecule has 0 unspecified atom stereocenters. The molecule has 1 heterocycles. The lowest BCUT2D eigenvalue weighted by Crippen LogP contribution is -2.30. The highest BCUT2D eigenvalue weighted by Gasteiger charge is 2.20. The van der Waals surface area contributed by atoms with Gasteiger partial charge in [0.15, 0.2) is 12.4 Å². The summed E-state index contributed by atoms with van der Waals surface area (Å²) in [5, 5.41) is 0.791. The molecule has 0 atom stereocenters. The molecule has 0 aliphatic carbocycles. The molecular formula is C7H9BClF4N. The number of nitrogens with zero attached hydrogens (tertiary/aromatic N) is 1. The predicted octanol–water partition coefficient (Wildman–Crippen LogP) is 2.95. The fourth-order valence-electron chi connectivity index (χ4n) is 0.650. The van der Waals surface area contributed by atoms with Crippen LogP contribution in [0.2, 0.25) is 5.02 Å². The van der Waals surface area contributed by atoms with E-state index < -0.39 is 7.25 Å². The number of aromatic nitrogens is 1. The topological polar surface area (TPSA) is 3.88 Å². The first-order chi connectivity index (χ1) is 6.33. The second kappa shape index (κ2) is 5.85. The van der Waals surface area contributed by atoms with Gasteiger partial charge in [-0.1, -0.05) is 11.6 Å². The smallest absolute Gasteiger partial charge is 0.418 e. The molecule has 1 rings (SSSR count). The van der Waals surface area contributed by atoms with Crippen molar-refractivity contribution in [1.82, 2.24) is 0 Å². The molecule has 0 saturated carbocycles. The predicted molar refractivity (Wildman–Crippen MR) is 47.5 cm³/mol. The number of hydrogen-bond donors (Lipinski definition) is 0. The van der Waals surface area contributed by atoms with E-state index in [1.807, 2.05) is 24.5 Å². The van der Waals surface area contributed by atoms with E-state index in [1.165, 1.54) is 0 Å². The second-order valence-corrected chi connectivity index (χ2v) is 2.78. The first-order valence-electron chi connectivity index (χ1n) is 3.85. The molecule has 14 heavy (non-hydrogen) atoms. The second-order valence-electron chi connectivity index (χ2n) is 2.34. The molecule has 1 nitrogen and oxygen atoms in total. The minimum absolute atomic E-state index is 0.791. The van der Waals surface area contributed by atoms with Gasteiger partial charge in [0.05, 0.1) is 5.02 Å². The molecule has 0 aliphatic heterocycles. The van der Waals surface area contributed by atoms with Crippen LogP contribution in [-0.2, 0) is 6.54 Å². The van der Waals surface area contributed by atoms with Gasteiger partial charge in [-0.2, -0.15) is 0 Å². The zero-order valence-corrected chi connectivity index (χ0v) is 8.19. The van der Waals surface area contributed by atoms with Gasteiger partial charge in [-0.25, -0.2) is 4.57 Å². The third kappa shape index (κ3) is 9.31. The van der Waals surface area contributed by atoms with Gasteiger partial charge in [0.25, 0.3) is 0 Å². The van der Waals surface area contributed by atoms with Crippen LogP contribution in [0.5, 0.6) is 0 Å². The maximum Gasteiger partial charge on any atom is 0.673 e. The summed E-state index contributed by atoms with van der Waals surface area (Å²) in [7, 11) is -6.00. The Labute approximate surface area is 84.4 Å². The SMILES string of the molecule is CC[n+]1ccc(Cl)cc1.F[B-](F)(F)F. The van der Waals surface area contributed by atoms with E-state index in [-0.39, 0.29) is 0 Å². The summed E-state index contributed by atoms with van der Waals surface area (Å²) in [5.74, 6) is 0. The molecule has 0 N–H and O–H groups in total. The first-order valence-corrected chi connectivity index (χ1v) is 4.22. The van der Waals surface area contributed by atoms with Crippen molar-refractivity contribution in [3.05, 3.63) is 29.5 Å². The van der Waals surface area contributed by atoms with E-state index in [0.717, 1.165) is 11.6 Å². The van der Waals surface area contributed by atoms with Gasteiger partial charge >= 0.3 is 7.25 Å². The largest absolute Gasteiger partial charge is 0.673 e. The molecule has 1 aromatic rings. The molecule has 0 bridgehead atoms. The number of aryl methyl sites for hydroxylation is 1. The van der Waals surface area contributed by atoms with Gasteiger partial charge in [-0.3, -0.25) is 0 Å². The molecule has 0 aliphatic rings. The average molecular weight is 229 g/mol. The molecule has 0 saturated heterocycles. The standard InChI is InChI=1S/C7H9ClN.BF4/c1-2-9-5-3-7(8)4-6-9;2-1(3,4)5/h3-6H,2H2,1H3;/q+1;-1. The van der Waals surface area contributed by atoms with Gasteiger partial charge in [0.1, 0.15) is 6.54 Å². The van der Waals surface area contributed by atoms with Crippen LogP contribution in [0.4, 0.5) is 17.3 Å². The summed E-state index contributed by atoms with van der Waals surface area (Å²) in [6, 6.07) is 3.76. The molecule has 0 fully saturated rings. The summed E-state index contributed by atoms with van der Waals surface area (Å²) in [6.45, 7) is 3.09. The summed E-state index contributed by atoms with van der Waals surface area (Å²) < 4.78 is 41.1. The Kier molecular flexibility index (Phi) is 5.53. The van der Waals surface area contributed by atoms with Gasteiger partial charge in [-0.15, -0.1) is 0 Å². The molecule has 1 aromatic heterocycles. The van der Waals surface area contributed by atoms with E-state index in [2.05, 4.69) is 11.5 Å². The zero-order valence-electron chi connectivity index (χ0n) is 7.43. The minimum atomic E-state index is -6.00. The molecular weight excluding hydrogens is 220 g/mol. The Morgan fingerprint density at radius 1 is 1.21 bits per heavy atom. The third-order valence-corrected chi connectivity index (χ3v) is 1.47. The van der Waals surface area contributed by atoms with Crippen LogP contribution in [0, 0.1) is 0 Å². The molecule has 0 aromatic carbocycles. The van der Waals surface area contributed by atoms with E-state index in [4.69, 9.17) is 11.6 Å². The minimum Gasteiger partial charge on any atom is -0.418 e. The van der Waals surface area contributed by atoms with Crippen LogP contribution < -0.4 is 4.57 Å². The fraction of sp³-hybridized carbons (Fsp3) is 0.286. The molecule has 7 heteroatoms. The molecule has 0 radical (unpaired) electrons. The van der Waals surface area contributed by atoms with Gasteiger partial charge in [0.2, 0.25) is 0 Å². The van der Waals surface area contributed by atoms with Crippen LogP contribution in [0.15, 0.2) is 24.5 Å². The van der Waals surface area contributed by atoms with Crippen molar-refractivity contribution in [3.8, 4) is 0 Å². The van der Waals surface area contributed by atoms with Crippen molar-refractivity contribution in [1.29, 1.82) is 0 Å². The number of hydrogen-bond acceptors (Lipinski definition) is 0. The van der Waals surface area contributed by atoms with Crippen molar-refractivity contribution in [2.75, 3.05) is 0 Å². The molecule has 0 amide bonds. The lowest BCUT2D eigenvalue weighted by atomic mass is 10.3. The van der Waals surface area contributed by atoms with Gasteiger partial charge < -0.3 is 17.3 Å². The van der Waals surface area contributed by atoms with Crippen molar-refractivity contribution < 1.29 is 21.8 Å². The van der Waals surface area contributed by atoms with Gasteiger partial charge in [0, 0.05) is 12.1 Å². The Bertz CT molecular complexity index is 255. The highest BCUT2D eigenvalue weighted by molar-refractivity contribution is 6.50. The molecule has 80 valence electrons. The quantitative estimate of drug-likeness (QED) is 0.396. The lowest BCUT2D eigenvalue weighted by Gasteiger charge is -1.94. The summed E-state index contributed by atoms with van der Waals surface area (Å²) in [5.41, 5.74) is 0. The number of rotatable bonds is 1. The van der Waals surface area contributed by atoms with Crippen LogP contribution >= 0.6 is 11.6 Å². The maximum atomic E-state index is 9.75. The lowest BCUT2D eigenvalue weighted by molar-refractivity contribution is -0.693. The Hall–Kier alpha value is -0.775. The number of halogens is 5. The van der Waals surface area contributed by atoms with Crippen LogP contribution in [0.3, 0.4) is 0 Å². The summed E-state index contributed by atoms with van der Waals surface area (Å²) in [6.07, 6.45) is 3.92. The summed E-state index contributed by atoms with van der Waals surface area (Å²) >= 11 is 5.66. The Morgan fingerprint density at radius 3 is 1.86 bits per heavy atom. The Morgan fingerprint density at radius 2 is 1.57 bits per heavy atom. The molecule has 0 spiro atoms. The zero-order chi connectivity index (χ0) is 11.2. The van der Waals surface area contributed by atoms with Crippen molar-refractivity contribution in [3.63, 3.8) is 0 Å². The van der Waals surface area contributed by atoms with E-state index in [9.17, 15) is 17.3 Å². The van der Waals surface area contributed by atoms with Crippen LogP contribution in [0.25, 0.3) is 0 Å². The Balaban J connectivity index is 0.000000292. The third-order valence-electron chi connectivity index (χ3n) is 1.22. The van der Waals surface area contributed by atoms with E-state index in [0.29, 0.717) is 0 Å². The van der Waals surface area contributed by atoms with E-state index >= 15 is 0 Å². The van der Waals surface area contributed by atoms with Gasteiger partial charge in [-0.05, 0) is 6.92 Å². The highest BCUT2D eigenvalue weighted by atomic mass is 35.5. The van der Waals surface area contributed by atoms with Crippen LogP contribution in [0.1, 0.15) is 6.92 Å². The van der Waals surface area contributed by atoms with E-state index in [1.54, 1.807) is 0 Å². The first kappa shape index (κ1) is 13.2. The average Bonchev–Trinajstić information content (AvgIpc) is 2.03. The fourth-order valence-corrected chi connectivity index (χ4v) is 0.763. The van der Waals surface area contributed by atoms with Crippen LogP contribution in [-0.4, -0.2) is 7.25 Å². The normalized spacial score (nSPS) is 10.4. The maximum absolute atomic E-state index is 9.75. The highest BCUT2D eigenvalue weighted by Crippen LogP contribution is 2.06. The van der Waals surface area contributed by atoms with Crippen molar-refractivity contribution in [2.45, 2.75) is 13.5 Å². The van der Waals surface area contributed by atoms with Crippen molar-refractivity contribution in [2.24, 2.45) is 0 Å². The monoisotopic (exact) mass is 229 g/mol. The summed E-state index contributed by atoms with van der Waals surface area (Å²) in [4.78, 5) is 0. The number of pyridine rings is 1.